The molecule has 5 rings (SSSR count). The molecular weight excluding hydrogens is 477 g/mol. The number of allylic oxidation sites excluding steroid dienone is 3. The summed E-state index contributed by atoms with van der Waals surface area (Å²) < 4.78 is 30.6. The molecule has 3 heterocycles. The number of hydrogen-bond acceptors (Lipinski definition) is 2. The van der Waals surface area contributed by atoms with Gasteiger partial charge in [-0.1, -0.05) is 35.9 Å². The van der Waals surface area contributed by atoms with E-state index in [0.717, 1.165) is 54.6 Å². The second-order valence-corrected chi connectivity index (χ2v) is 10.2. The molecule has 4 nitrogen and oxygen atoms in total. The van der Waals surface area contributed by atoms with Crippen LogP contribution in [0.4, 0.5) is 14.3 Å². The summed E-state index contributed by atoms with van der Waals surface area (Å²) in [6.07, 6.45) is 7.74. The zero-order valence-electron chi connectivity index (χ0n) is 22.6. The van der Waals surface area contributed by atoms with Crippen molar-refractivity contribution in [3.8, 4) is 11.4 Å². The van der Waals surface area contributed by atoms with Gasteiger partial charge >= 0.3 is 7.40 Å². The molecule has 2 aromatic heterocycles. The van der Waals surface area contributed by atoms with Gasteiger partial charge in [0.2, 0.25) is 0 Å². The van der Waals surface area contributed by atoms with E-state index in [1.54, 1.807) is 6.08 Å². The smallest absolute Gasteiger partial charge is 0.378 e. The first kappa shape index (κ1) is 25.5. The lowest BCUT2D eigenvalue weighted by Crippen LogP contribution is -2.16. The SMILES string of the molecule is CC1=CC(/C=C/c2ccc(N(C)C)cc2)=NC/1=C/c1c2ccc(C)cc2c(-c2[nH]c(C)cc2C)n1B(F)F. The number of fused-ring (bicyclic) bond motifs is 1. The van der Waals surface area contributed by atoms with Gasteiger partial charge in [-0.2, -0.15) is 0 Å². The zero-order chi connectivity index (χ0) is 27.1. The number of rotatable bonds is 6. The number of nitrogens with one attached hydrogen (secondary N) is 1. The molecule has 0 saturated carbocycles. The Labute approximate surface area is 222 Å². The minimum Gasteiger partial charge on any atom is -0.378 e. The number of H-pyrrole nitrogens is 1. The Morgan fingerprint density at radius 1 is 0.921 bits per heavy atom. The van der Waals surface area contributed by atoms with Gasteiger partial charge in [0.05, 0.1) is 22.8 Å². The van der Waals surface area contributed by atoms with E-state index in [1.807, 2.05) is 84.3 Å². The summed E-state index contributed by atoms with van der Waals surface area (Å²) in [5, 5.41) is 1.57. The molecule has 1 aliphatic heterocycles. The molecule has 0 spiro atoms. The fourth-order valence-electron chi connectivity index (χ4n) is 5.02. The number of anilines is 1. The summed E-state index contributed by atoms with van der Waals surface area (Å²) in [7, 11) is 1.31. The van der Waals surface area contributed by atoms with Crippen molar-refractivity contribution in [2.45, 2.75) is 27.7 Å². The quantitative estimate of drug-likeness (QED) is 0.265. The Kier molecular flexibility index (Phi) is 6.70. The molecule has 0 aliphatic carbocycles. The van der Waals surface area contributed by atoms with Crippen molar-refractivity contribution < 1.29 is 8.63 Å². The first-order valence-electron chi connectivity index (χ1n) is 12.7. The van der Waals surface area contributed by atoms with Crippen LogP contribution in [-0.2, 0) is 0 Å². The number of aromatic amines is 1. The second kappa shape index (κ2) is 9.97. The number of nitrogens with zero attached hydrogens (tertiary/aromatic N) is 3. The van der Waals surface area contributed by atoms with Crippen LogP contribution in [0.2, 0.25) is 0 Å². The van der Waals surface area contributed by atoms with Gasteiger partial charge in [0.25, 0.3) is 0 Å². The lowest BCUT2D eigenvalue weighted by atomic mass is 10.1. The lowest BCUT2D eigenvalue weighted by Gasteiger charge is -2.11. The van der Waals surface area contributed by atoms with E-state index in [-0.39, 0.29) is 0 Å². The van der Waals surface area contributed by atoms with Crippen LogP contribution in [0.3, 0.4) is 0 Å². The molecule has 0 unspecified atom stereocenters. The Morgan fingerprint density at radius 2 is 1.66 bits per heavy atom. The number of aromatic nitrogens is 2. The normalized spacial score (nSPS) is 14.6. The fraction of sp³-hybridized carbons (Fsp3) is 0.194. The summed E-state index contributed by atoms with van der Waals surface area (Å²) >= 11 is 0. The van der Waals surface area contributed by atoms with Crippen molar-refractivity contribution in [1.29, 1.82) is 0 Å². The molecule has 0 fully saturated rings. The Bertz CT molecular complexity index is 1650. The fourth-order valence-corrected chi connectivity index (χ4v) is 5.02. The van der Waals surface area contributed by atoms with Gasteiger partial charge in [-0.15, -0.1) is 0 Å². The van der Waals surface area contributed by atoms with E-state index in [0.29, 0.717) is 22.8 Å². The van der Waals surface area contributed by atoms with Crippen molar-refractivity contribution in [1.82, 2.24) is 9.46 Å². The summed E-state index contributed by atoms with van der Waals surface area (Å²) in [6.45, 7) is 7.83. The largest absolute Gasteiger partial charge is 0.678 e. The Morgan fingerprint density at radius 3 is 2.29 bits per heavy atom. The molecular formula is C31H31BF2N4. The van der Waals surface area contributed by atoms with Crippen molar-refractivity contribution in [2.24, 2.45) is 4.99 Å². The highest BCUT2D eigenvalue weighted by Crippen LogP contribution is 2.38. The molecule has 7 heteroatoms. The van der Waals surface area contributed by atoms with Crippen molar-refractivity contribution in [3.05, 3.63) is 100 Å². The van der Waals surface area contributed by atoms with Crippen molar-refractivity contribution in [2.75, 3.05) is 19.0 Å². The van der Waals surface area contributed by atoms with Gasteiger partial charge in [-0.3, -0.25) is 8.63 Å². The Hall–Kier alpha value is -4.13. The highest BCUT2D eigenvalue weighted by molar-refractivity contribution is 6.43. The third-order valence-corrected chi connectivity index (χ3v) is 6.94. The van der Waals surface area contributed by atoms with Crippen LogP contribution in [0.5, 0.6) is 0 Å². The minimum absolute atomic E-state index is 0.452. The predicted octanol–water partition coefficient (Wildman–Crippen LogP) is 7.85. The lowest BCUT2D eigenvalue weighted by molar-refractivity contribution is 0.630. The molecule has 0 radical (unpaired) electrons. The standard InChI is InChI=1S/C31H31BF2N4/c1-19-7-14-26-27(15-19)31(30-21(3)16-22(4)35-30)38(32(33)34)29(26)18-28-20(2)17-24(36-28)11-8-23-9-12-25(13-10-23)37(5)6/h7-18,35H,1-6H3/b11-8+,28-18+. The summed E-state index contributed by atoms with van der Waals surface area (Å²) in [4.78, 5) is 10.1. The number of aliphatic imine (C=N–C) groups is 1. The van der Waals surface area contributed by atoms with Gasteiger partial charge in [0.15, 0.2) is 0 Å². The monoisotopic (exact) mass is 508 g/mol. The van der Waals surface area contributed by atoms with Crippen LogP contribution in [0.1, 0.15) is 35.0 Å². The van der Waals surface area contributed by atoms with Crippen molar-refractivity contribution in [3.63, 3.8) is 0 Å². The van der Waals surface area contributed by atoms with E-state index in [9.17, 15) is 8.63 Å². The van der Waals surface area contributed by atoms with Gasteiger partial charge in [-0.05, 0) is 86.9 Å². The van der Waals surface area contributed by atoms with E-state index in [4.69, 9.17) is 4.99 Å². The van der Waals surface area contributed by atoms with Crippen molar-refractivity contribution >= 4 is 41.7 Å². The third kappa shape index (κ3) is 4.76. The summed E-state index contributed by atoms with van der Waals surface area (Å²) in [6, 6.07) is 16.1. The summed E-state index contributed by atoms with van der Waals surface area (Å²) in [5.74, 6) is 0. The summed E-state index contributed by atoms with van der Waals surface area (Å²) in [5.41, 5.74) is 9.17. The van der Waals surface area contributed by atoms with E-state index in [1.165, 1.54) is 0 Å². The molecule has 0 saturated heterocycles. The Balaban J connectivity index is 1.60. The minimum atomic E-state index is -2.72. The zero-order valence-corrected chi connectivity index (χ0v) is 22.6. The number of hydrogen-bond donors (Lipinski definition) is 1. The molecule has 0 amide bonds. The maximum Gasteiger partial charge on any atom is 0.678 e. The maximum absolute atomic E-state index is 14.7. The maximum atomic E-state index is 14.7. The number of aryl methyl sites for hydroxylation is 3. The van der Waals surface area contributed by atoms with Gasteiger partial charge in [-0.25, -0.2) is 4.99 Å². The molecule has 0 atom stereocenters. The van der Waals surface area contributed by atoms with Gasteiger partial charge in [0, 0.05) is 41.9 Å². The predicted molar refractivity (Wildman–Crippen MR) is 158 cm³/mol. The second-order valence-electron chi connectivity index (χ2n) is 10.2. The highest BCUT2D eigenvalue weighted by Gasteiger charge is 2.29. The first-order valence-corrected chi connectivity index (χ1v) is 12.7. The average molecular weight is 508 g/mol. The van der Waals surface area contributed by atoms with Gasteiger partial charge in [0.1, 0.15) is 0 Å². The molecule has 192 valence electrons. The average Bonchev–Trinajstić information content (AvgIpc) is 3.50. The van der Waals surface area contributed by atoms with E-state index in [2.05, 4.69) is 34.1 Å². The van der Waals surface area contributed by atoms with Crippen LogP contribution in [0.15, 0.2) is 76.9 Å². The van der Waals surface area contributed by atoms with Crippen LogP contribution in [0.25, 0.3) is 34.3 Å². The third-order valence-electron chi connectivity index (χ3n) is 6.94. The van der Waals surface area contributed by atoms with Crippen LogP contribution >= 0.6 is 0 Å². The van der Waals surface area contributed by atoms with E-state index >= 15 is 0 Å². The first-order chi connectivity index (χ1) is 18.1. The van der Waals surface area contributed by atoms with Crippen LogP contribution < -0.4 is 4.90 Å². The van der Waals surface area contributed by atoms with Crippen LogP contribution in [-0.4, -0.2) is 36.7 Å². The van der Waals surface area contributed by atoms with Crippen LogP contribution in [0, 0.1) is 20.8 Å². The molecule has 4 aromatic rings. The number of halogens is 2. The van der Waals surface area contributed by atoms with Gasteiger partial charge < -0.3 is 14.4 Å². The molecule has 1 aliphatic rings. The molecule has 0 bridgehead atoms. The topological polar surface area (TPSA) is 36.3 Å². The van der Waals surface area contributed by atoms with E-state index < -0.39 is 7.40 Å². The molecule has 38 heavy (non-hydrogen) atoms. The number of benzene rings is 2. The highest BCUT2D eigenvalue weighted by atomic mass is 19.2. The molecule has 1 N–H and O–H groups in total. The molecule has 2 aromatic carbocycles.